The summed E-state index contributed by atoms with van der Waals surface area (Å²) < 4.78 is 28.3. The van der Waals surface area contributed by atoms with Crippen LogP contribution in [0.2, 0.25) is 0 Å². The molecule has 1 aliphatic rings. The Bertz CT molecular complexity index is 635. The quantitative estimate of drug-likeness (QED) is 0.329. The van der Waals surface area contributed by atoms with Crippen LogP contribution in [0.4, 0.5) is 8.78 Å². The molecule has 1 aromatic rings. The maximum atomic E-state index is 14.2. The Morgan fingerprint density at radius 1 is 1.21 bits per heavy atom. The van der Waals surface area contributed by atoms with E-state index in [0.29, 0.717) is 22.9 Å². The SMILES string of the molecule is C=CCCCc1cc(F)c(C#C[C@H]2CC[C@H](C(=C)Cl)CC2)c(F)c1. The third-order valence-electron chi connectivity index (χ3n) is 4.55. The molecule has 24 heavy (non-hydrogen) atoms. The number of aryl methyl sites for hydroxylation is 1. The summed E-state index contributed by atoms with van der Waals surface area (Å²) in [7, 11) is 0. The predicted octanol–water partition coefficient (Wildman–Crippen LogP) is 6.38. The summed E-state index contributed by atoms with van der Waals surface area (Å²) in [4.78, 5) is 0. The Kier molecular flexibility index (Phi) is 7.06. The molecule has 0 spiro atoms. The zero-order valence-electron chi connectivity index (χ0n) is 13.9. The maximum absolute atomic E-state index is 14.2. The zero-order valence-corrected chi connectivity index (χ0v) is 14.6. The Morgan fingerprint density at radius 2 is 1.83 bits per heavy atom. The first-order valence-corrected chi connectivity index (χ1v) is 8.83. The third kappa shape index (κ3) is 5.21. The smallest absolute Gasteiger partial charge is 0.142 e. The third-order valence-corrected chi connectivity index (χ3v) is 4.86. The monoisotopic (exact) mass is 348 g/mol. The number of halogens is 3. The zero-order chi connectivity index (χ0) is 17.5. The average molecular weight is 349 g/mol. The normalized spacial score (nSPS) is 20.1. The van der Waals surface area contributed by atoms with Crippen molar-refractivity contribution in [1.82, 2.24) is 0 Å². The minimum atomic E-state index is -0.570. The second kappa shape index (κ2) is 9.04. The molecule has 1 aromatic carbocycles. The Balaban J connectivity index is 2.03. The van der Waals surface area contributed by atoms with Gasteiger partial charge in [-0.1, -0.05) is 36.1 Å². The van der Waals surface area contributed by atoms with Gasteiger partial charge in [0.1, 0.15) is 11.6 Å². The van der Waals surface area contributed by atoms with Crippen molar-refractivity contribution in [3.8, 4) is 11.8 Å². The lowest BCUT2D eigenvalue weighted by atomic mass is 9.82. The molecular weight excluding hydrogens is 326 g/mol. The van der Waals surface area contributed by atoms with Gasteiger partial charge in [-0.25, -0.2) is 8.78 Å². The summed E-state index contributed by atoms with van der Waals surface area (Å²) in [6.07, 6.45) is 7.79. The Hall–Kier alpha value is -1.59. The van der Waals surface area contributed by atoms with E-state index in [-0.39, 0.29) is 11.5 Å². The van der Waals surface area contributed by atoms with Crippen molar-refractivity contribution in [2.45, 2.75) is 44.9 Å². The van der Waals surface area contributed by atoms with Crippen molar-refractivity contribution in [2.24, 2.45) is 11.8 Å². The molecule has 0 nitrogen and oxygen atoms in total. The van der Waals surface area contributed by atoms with E-state index in [0.717, 1.165) is 38.5 Å². The molecule has 0 unspecified atom stereocenters. The lowest BCUT2D eigenvalue weighted by molar-refractivity contribution is 0.361. The standard InChI is InChI=1S/C21H23ClF2/c1-3-4-5-6-17-13-20(23)19(21(24)14-17)12-9-16-7-10-18(11-8-16)15(2)22/h3,13-14,16,18H,1-2,4-8,10-11H2/t16-,18-. The molecule has 1 saturated carbocycles. The van der Waals surface area contributed by atoms with E-state index in [4.69, 9.17) is 11.6 Å². The van der Waals surface area contributed by atoms with Crippen LogP contribution in [-0.4, -0.2) is 0 Å². The van der Waals surface area contributed by atoms with Gasteiger partial charge in [0, 0.05) is 11.0 Å². The van der Waals surface area contributed by atoms with Crippen molar-refractivity contribution in [2.75, 3.05) is 0 Å². The van der Waals surface area contributed by atoms with E-state index in [9.17, 15) is 8.78 Å². The van der Waals surface area contributed by atoms with Crippen LogP contribution in [0, 0.1) is 35.3 Å². The number of hydrogen-bond donors (Lipinski definition) is 0. The maximum Gasteiger partial charge on any atom is 0.142 e. The Labute approximate surface area is 148 Å². The minimum absolute atomic E-state index is 0.119. The fourth-order valence-electron chi connectivity index (χ4n) is 3.07. The van der Waals surface area contributed by atoms with Crippen molar-refractivity contribution in [3.05, 3.63) is 59.2 Å². The van der Waals surface area contributed by atoms with Crippen LogP contribution in [0.25, 0.3) is 0 Å². The van der Waals surface area contributed by atoms with Crippen LogP contribution in [0.15, 0.2) is 36.4 Å². The molecule has 0 radical (unpaired) electrons. The summed E-state index contributed by atoms with van der Waals surface area (Å²) in [5.74, 6) is 5.12. The highest BCUT2D eigenvalue weighted by Crippen LogP contribution is 2.33. The molecule has 0 bridgehead atoms. The van der Waals surface area contributed by atoms with Gasteiger partial charge in [0.15, 0.2) is 0 Å². The van der Waals surface area contributed by atoms with Crippen molar-refractivity contribution >= 4 is 11.6 Å². The summed E-state index contributed by atoms with van der Waals surface area (Å²) in [6.45, 7) is 7.43. The first-order chi connectivity index (χ1) is 11.5. The predicted molar refractivity (Wildman–Crippen MR) is 96.8 cm³/mol. The number of rotatable bonds is 5. The van der Waals surface area contributed by atoms with Crippen LogP contribution in [0.5, 0.6) is 0 Å². The van der Waals surface area contributed by atoms with Crippen LogP contribution in [-0.2, 0) is 6.42 Å². The van der Waals surface area contributed by atoms with Gasteiger partial charge in [0.2, 0.25) is 0 Å². The number of benzene rings is 1. The van der Waals surface area contributed by atoms with E-state index in [1.54, 1.807) is 6.08 Å². The minimum Gasteiger partial charge on any atom is -0.206 e. The van der Waals surface area contributed by atoms with Crippen LogP contribution >= 0.6 is 11.6 Å². The van der Waals surface area contributed by atoms with E-state index < -0.39 is 11.6 Å². The fraction of sp³-hybridized carbons (Fsp3) is 0.429. The summed E-state index contributed by atoms with van der Waals surface area (Å²) >= 11 is 5.94. The molecule has 0 amide bonds. The van der Waals surface area contributed by atoms with E-state index >= 15 is 0 Å². The highest BCUT2D eigenvalue weighted by molar-refractivity contribution is 6.29. The Morgan fingerprint density at radius 3 is 2.38 bits per heavy atom. The van der Waals surface area contributed by atoms with Gasteiger partial charge in [-0.05, 0) is 68.6 Å². The first kappa shape index (κ1) is 18.7. The highest BCUT2D eigenvalue weighted by atomic mass is 35.5. The molecule has 0 aliphatic heterocycles. The lowest BCUT2D eigenvalue weighted by Gasteiger charge is -2.24. The molecule has 2 rings (SSSR count). The van der Waals surface area contributed by atoms with Gasteiger partial charge in [-0.3, -0.25) is 0 Å². The van der Waals surface area contributed by atoms with Gasteiger partial charge in [-0.2, -0.15) is 0 Å². The summed E-state index contributed by atoms with van der Waals surface area (Å²) in [5, 5.41) is 0.700. The van der Waals surface area contributed by atoms with Crippen LogP contribution in [0.1, 0.15) is 49.7 Å². The molecule has 3 heteroatoms. The second-order valence-corrected chi connectivity index (χ2v) is 6.87. The van der Waals surface area contributed by atoms with Gasteiger partial charge in [0.25, 0.3) is 0 Å². The molecule has 0 atom stereocenters. The van der Waals surface area contributed by atoms with Crippen molar-refractivity contribution < 1.29 is 8.78 Å². The average Bonchev–Trinajstić information content (AvgIpc) is 2.55. The molecule has 128 valence electrons. The van der Waals surface area contributed by atoms with E-state index in [1.165, 1.54) is 12.1 Å². The number of hydrogen-bond acceptors (Lipinski definition) is 0. The molecule has 1 fully saturated rings. The topological polar surface area (TPSA) is 0 Å². The lowest BCUT2D eigenvalue weighted by Crippen LogP contribution is -2.13. The van der Waals surface area contributed by atoms with Gasteiger partial charge in [-0.15, -0.1) is 6.58 Å². The van der Waals surface area contributed by atoms with Gasteiger partial charge < -0.3 is 0 Å². The molecule has 0 saturated heterocycles. The summed E-state index contributed by atoms with van der Waals surface area (Å²) in [6, 6.07) is 2.79. The second-order valence-electron chi connectivity index (χ2n) is 6.38. The van der Waals surface area contributed by atoms with E-state index in [2.05, 4.69) is 25.0 Å². The molecular formula is C21H23ClF2. The van der Waals surface area contributed by atoms with Crippen LogP contribution < -0.4 is 0 Å². The number of allylic oxidation sites excluding steroid dienone is 2. The largest absolute Gasteiger partial charge is 0.206 e. The van der Waals surface area contributed by atoms with E-state index in [1.807, 2.05) is 0 Å². The van der Waals surface area contributed by atoms with Crippen molar-refractivity contribution in [3.63, 3.8) is 0 Å². The first-order valence-electron chi connectivity index (χ1n) is 8.46. The van der Waals surface area contributed by atoms with Gasteiger partial charge >= 0.3 is 0 Å². The van der Waals surface area contributed by atoms with Crippen LogP contribution in [0.3, 0.4) is 0 Å². The molecule has 1 aliphatic carbocycles. The molecule has 0 aromatic heterocycles. The van der Waals surface area contributed by atoms with Crippen molar-refractivity contribution in [1.29, 1.82) is 0 Å². The number of unbranched alkanes of at least 4 members (excludes halogenated alkanes) is 1. The van der Waals surface area contributed by atoms with Gasteiger partial charge in [0.05, 0.1) is 5.56 Å². The highest BCUT2D eigenvalue weighted by Gasteiger charge is 2.21. The fourth-order valence-corrected chi connectivity index (χ4v) is 3.28. The molecule has 0 N–H and O–H groups in total. The molecule has 0 heterocycles. The summed E-state index contributed by atoms with van der Waals surface area (Å²) in [5.41, 5.74) is 0.546.